The highest BCUT2D eigenvalue weighted by atomic mass is 16.5. The highest BCUT2D eigenvalue weighted by Gasteiger charge is 2.10. The molecule has 0 unspecified atom stereocenters. The molecule has 5 nitrogen and oxygen atoms in total. The normalized spacial score (nSPS) is 11.2. The van der Waals surface area contributed by atoms with Crippen LogP contribution in [0.25, 0.3) is 16.7 Å². The smallest absolute Gasteiger partial charge is 0.144 e. The number of rotatable bonds is 3. The molecule has 2 N–H and O–H groups in total. The van der Waals surface area contributed by atoms with E-state index in [9.17, 15) is 0 Å². The van der Waals surface area contributed by atoms with Gasteiger partial charge in [0.05, 0.1) is 17.5 Å². The van der Waals surface area contributed by atoms with Crippen molar-refractivity contribution in [1.29, 1.82) is 0 Å². The molecule has 20 heavy (non-hydrogen) atoms. The van der Waals surface area contributed by atoms with E-state index in [0.717, 1.165) is 16.7 Å². The number of hydrogen-bond acceptors (Lipinski definition) is 4. The van der Waals surface area contributed by atoms with Crippen LogP contribution >= 0.6 is 0 Å². The second-order valence-corrected chi connectivity index (χ2v) is 4.87. The van der Waals surface area contributed by atoms with Crippen molar-refractivity contribution < 1.29 is 4.74 Å². The number of para-hydroxylation sites is 1. The lowest BCUT2D eigenvalue weighted by molar-refractivity contribution is 0.244. The van der Waals surface area contributed by atoms with Crippen LogP contribution in [0.2, 0.25) is 0 Å². The van der Waals surface area contributed by atoms with Gasteiger partial charge in [-0.2, -0.15) is 4.80 Å². The van der Waals surface area contributed by atoms with Gasteiger partial charge < -0.3 is 10.5 Å². The van der Waals surface area contributed by atoms with Gasteiger partial charge in [0.1, 0.15) is 16.8 Å². The highest BCUT2D eigenvalue weighted by molar-refractivity contribution is 5.81. The Morgan fingerprint density at radius 3 is 2.35 bits per heavy atom. The Labute approximate surface area is 117 Å². The zero-order valence-electron chi connectivity index (χ0n) is 11.4. The van der Waals surface area contributed by atoms with Crippen molar-refractivity contribution in [3.8, 4) is 11.4 Å². The quantitative estimate of drug-likeness (QED) is 0.742. The Bertz CT molecular complexity index is 734. The summed E-state index contributed by atoms with van der Waals surface area (Å²) in [6.45, 7) is 3.93. The Kier molecular flexibility index (Phi) is 3.02. The van der Waals surface area contributed by atoms with Crippen LogP contribution < -0.4 is 10.5 Å². The summed E-state index contributed by atoms with van der Waals surface area (Å²) in [5.41, 5.74) is 8.98. The number of nitrogens with two attached hydrogens (primary N) is 1. The molecule has 0 saturated carbocycles. The summed E-state index contributed by atoms with van der Waals surface area (Å²) in [6, 6.07) is 13.4. The number of fused-ring (bicyclic) bond motifs is 1. The summed E-state index contributed by atoms with van der Waals surface area (Å²) in [6.07, 6.45) is 0.0684. The van der Waals surface area contributed by atoms with Gasteiger partial charge in [0.15, 0.2) is 0 Å². The Morgan fingerprint density at radius 2 is 1.70 bits per heavy atom. The predicted octanol–water partition coefficient (Wildman–Crippen LogP) is 2.79. The number of aromatic nitrogens is 3. The lowest BCUT2D eigenvalue weighted by atomic mass is 10.2. The van der Waals surface area contributed by atoms with Crippen LogP contribution in [0.5, 0.6) is 5.75 Å². The van der Waals surface area contributed by atoms with Crippen molar-refractivity contribution in [2.24, 2.45) is 0 Å². The van der Waals surface area contributed by atoms with Crippen molar-refractivity contribution in [2.45, 2.75) is 20.0 Å². The van der Waals surface area contributed by atoms with Gasteiger partial charge in [0.2, 0.25) is 0 Å². The van der Waals surface area contributed by atoms with Gasteiger partial charge in [0, 0.05) is 6.07 Å². The van der Waals surface area contributed by atoms with Gasteiger partial charge in [-0.25, -0.2) is 0 Å². The molecule has 1 heterocycles. The second kappa shape index (κ2) is 4.85. The Morgan fingerprint density at radius 1 is 1.05 bits per heavy atom. The molecule has 1 aromatic heterocycles. The van der Waals surface area contributed by atoms with Crippen molar-refractivity contribution in [3.05, 3.63) is 42.5 Å². The van der Waals surface area contributed by atoms with Gasteiger partial charge in [-0.3, -0.25) is 0 Å². The van der Waals surface area contributed by atoms with Gasteiger partial charge in [-0.05, 0) is 32.0 Å². The van der Waals surface area contributed by atoms with Crippen LogP contribution in [-0.2, 0) is 0 Å². The van der Waals surface area contributed by atoms with Crippen molar-refractivity contribution in [1.82, 2.24) is 15.0 Å². The van der Waals surface area contributed by atoms with E-state index in [4.69, 9.17) is 10.5 Å². The maximum Gasteiger partial charge on any atom is 0.144 e. The number of nitrogens with zero attached hydrogens (tertiary/aromatic N) is 3. The summed E-state index contributed by atoms with van der Waals surface area (Å²) in [7, 11) is 0. The average molecular weight is 268 g/mol. The largest absolute Gasteiger partial charge is 0.489 e. The third-order valence-electron chi connectivity index (χ3n) is 2.86. The number of hydrogen-bond donors (Lipinski definition) is 1. The van der Waals surface area contributed by atoms with Crippen LogP contribution in [-0.4, -0.2) is 21.1 Å². The van der Waals surface area contributed by atoms with Crippen molar-refractivity contribution >= 4 is 16.7 Å². The molecule has 0 aliphatic heterocycles. The van der Waals surface area contributed by atoms with E-state index < -0.39 is 0 Å². The minimum atomic E-state index is 0.0684. The SMILES string of the molecule is CC(C)Oc1cc2nn(-c3ccccc3)nc2cc1N. The summed E-state index contributed by atoms with van der Waals surface area (Å²) < 4.78 is 5.67. The zero-order chi connectivity index (χ0) is 14.1. The summed E-state index contributed by atoms with van der Waals surface area (Å²) in [5, 5.41) is 8.90. The number of benzene rings is 2. The molecule has 0 spiro atoms. The fraction of sp³-hybridized carbons (Fsp3) is 0.200. The van der Waals surface area contributed by atoms with E-state index in [-0.39, 0.29) is 6.10 Å². The Balaban J connectivity index is 2.07. The topological polar surface area (TPSA) is 66.0 Å². The van der Waals surface area contributed by atoms with E-state index in [0.29, 0.717) is 11.4 Å². The summed E-state index contributed by atoms with van der Waals surface area (Å²) in [4.78, 5) is 1.60. The van der Waals surface area contributed by atoms with Crippen molar-refractivity contribution in [2.75, 3.05) is 5.73 Å². The van der Waals surface area contributed by atoms with E-state index in [1.54, 1.807) is 10.9 Å². The molecular weight excluding hydrogens is 252 g/mol. The maximum atomic E-state index is 5.98. The first-order chi connectivity index (χ1) is 9.63. The number of anilines is 1. The first kappa shape index (κ1) is 12.5. The van der Waals surface area contributed by atoms with E-state index in [2.05, 4.69) is 10.2 Å². The van der Waals surface area contributed by atoms with Crippen molar-refractivity contribution in [3.63, 3.8) is 0 Å². The van der Waals surface area contributed by atoms with E-state index in [1.165, 1.54) is 0 Å². The highest BCUT2D eigenvalue weighted by Crippen LogP contribution is 2.27. The van der Waals surface area contributed by atoms with Crippen LogP contribution in [0.1, 0.15) is 13.8 Å². The lowest BCUT2D eigenvalue weighted by Crippen LogP contribution is -2.07. The van der Waals surface area contributed by atoms with Gasteiger partial charge in [0.25, 0.3) is 0 Å². The van der Waals surface area contributed by atoms with Gasteiger partial charge in [-0.1, -0.05) is 18.2 Å². The lowest BCUT2D eigenvalue weighted by Gasteiger charge is -2.11. The number of ether oxygens (including phenoxy) is 1. The zero-order valence-corrected chi connectivity index (χ0v) is 11.4. The van der Waals surface area contributed by atoms with E-state index in [1.807, 2.05) is 50.2 Å². The first-order valence-corrected chi connectivity index (χ1v) is 6.52. The first-order valence-electron chi connectivity index (χ1n) is 6.52. The molecule has 3 rings (SSSR count). The molecular formula is C15H16N4O. The predicted molar refractivity (Wildman–Crippen MR) is 79.0 cm³/mol. The Hall–Kier alpha value is -2.56. The molecule has 5 heteroatoms. The van der Waals surface area contributed by atoms with Crippen LogP contribution in [0, 0.1) is 0 Å². The molecule has 102 valence electrons. The monoisotopic (exact) mass is 268 g/mol. The second-order valence-electron chi connectivity index (χ2n) is 4.87. The van der Waals surface area contributed by atoms with Crippen LogP contribution in [0.15, 0.2) is 42.5 Å². The minimum absolute atomic E-state index is 0.0684. The van der Waals surface area contributed by atoms with Crippen LogP contribution in [0.4, 0.5) is 5.69 Å². The molecule has 0 aliphatic rings. The molecule has 0 radical (unpaired) electrons. The molecule has 0 amide bonds. The summed E-state index contributed by atoms with van der Waals surface area (Å²) >= 11 is 0. The third kappa shape index (κ3) is 2.30. The molecule has 0 saturated heterocycles. The minimum Gasteiger partial charge on any atom is -0.489 e. The van der Waals surface area contributed by atoms with Crippen LogP contribution in [0.3, 0.4) is 0 Å². The fourth-order valence-corrected chi connectivity index (χ4v) is 1.99. The molecule has 2 aromatic carbocycles. The van der Waals surface area contributed by atoms with Gasteiger partial charge >= 0.3 is 0 Å². The van der Waals surface area contributed by atoms with E-state index >= 15 is 0 Å². The standard InChI is InChI=1S/C15H16N4O/c1-10(2)20-15-9-14-13(8-12(15)16)17-19(18-14)11-6-4-3-5-7-11/h3-10H,16H2,1-2H3. The molecule has 0 atom stereocenters. The molecule has 0 aliphatic carbocycles. The molecule has 3 aromatic rings. The summed E-state index contributed by atoms with van der Waals surface area (Å²) in [5.74, 6) is 0.646. The van der Waals surface area contributed by atoms with Gasteiger partial charge in [-0.15, -0.1) is 10.2 Å². The average Bonchev–Trinajstić information content (AvgIpc) is 2.82. The molecule has 0 fully saturated rings. The molecule has 0 bridgehead atoms. The fourth-order valence-electron chi connectivity index (χ4n) is 1.99. The third-order valence-corrected chi connectivity index (χ3v) is 2.86. The number of nitrogen functional groups attached to an aromatic ring is 1. The maximum absolute atomic E-state index is 5.98.